The lowest BCUT2D eigenvalue weighted by atomic mass is 9.85. The van der Waals surface area contributed by atoms with Crippen LogP contribution in [0.25, 0.3) is 0 Å². The summed E-state index contributed by atoms with van der Waals surface area (Å²) >= 11 is 0. The molecule has 0 spiro atoms. The molecule has 1 heterocycles. The van der Waals surface area contributed by atoms with E-state index in [1.54, 1.807) is 0 Å². The number of hydrogen-bond acceptors (Lipinski definition) is 3. The normalized spacial score (nSPS) is 23.2. The van der Waals surface area contributed by atoms with Crippen molar-refractivity contribution in [2.24, 2.45) is 5.41 Å². The molecule has 1 atom stereocenters. The fraction of sp³-hybridized carbons (Fsp3) is 1.00. The molecule has 1 unspecified atom stereocenters. The van der Waals surface area contributed by atoms with Gasteiger partial charge in [-0.2, -0.15) is 0 Å². The second kappa shape index (κ2) is 8.35. The van der Waals surface area contributed by atoms with Crippen LogP contribution in [0.3, 0.4) is 0 Å². The molecule has 1 saturated heterocycles. The predicted octanol–water partition coefficient (Wildman–Crippen LogP) is 3.03. The maximum atomic E-state index is 9.59. The van der Waals surface area contributed by atoms with Crippen LogP contribution in [0.15, 0.2) is 0 Å². The molecule has 120 valence electrons. The predicted molar refractivity (Wildman–Crippen MR) is 87.1 cm³/mol. The first-order valence-corrected chi connectivity index (χ1v) is 8.49. The summed E-state index contributed by atoms with van der Waals surface area (Å²) in [5.74, 6) is 0. The average molecular weight is 284 g/mol. The Kier molecular flexibility index (Phi) is 7.49. The lowest BCUT2D eigenvalue weighted by Crippen LogP contribution is -2.46. The van der Waals surface area contributed by atoms with Crippen molar-refractivity contribution in [1.29, 1.82) is 0 Å². The molecule has 2 N–H and O–H groups in total. The zero-order valence-corrected chi connectivity index (χ0v) is 14.2. The van der Waals surface area contributed by atoms with Crippen LogP contribution in [0.5, 0.6) is 0 Å². The van der Waals surface area contributed by atoms with Crippen molar-refractivity contribution in [2.75, 3.05) is 32.8 Å². The van der Waals surface area contributed by atoms with Crippen LogP contribution < -0.4 is 5.32 Å². The SMILES string of the molecule is CCCNC(C)(CO)CCCN1CCCC(C)(C)CC1. The fourth-order valence-corrected chi connectivity index (χ4v) is 3.05. The van der Waals surface area contributed by atoms with E-state index in [2.05, 4.69) is 37.9 Å². The zero-order valence-electron chi connectivity index (χ0n) is 14.2. The summed E-state index contributed by atoms with van der Waals surface area (Å²) in [6, 6.07) is 0. The van der Waals surface area contributed by atoms with Gasteiger partial charge in [-0.15, -0.1) is 0 Å². The van der Waals surface area contributed by atoms with Crippen LogP contribution in [-0.2, 0) is 0 Å². The first-order chi connectivity index (χ1) is 9.41. The molecule has 1 aliphatic rings. The molecule has 3 heteroatoms. The summed E-state index contributed by atoms with van der Waals surface area (Å²) in [6.07, 6.45) is 7.36. The molecule has 0 aromatic heterocycles. The molecular formula is C17H36N2O. The van der Waals surface area contributed by atoms with E-state index in [9.17, 15) is 5.11 Å². The topological polar surface area (TPSA) is 35.5 Å². The summed E-state index contributed by atoms with van der Waals surface area (Å²) in [4.78, 5) is 2.62. The summed E-state index contributed by atoms with van der Waals surface area (Å²) in [7, 11) is 0. The molecule has 0 saturated carbocycles. The van der Waals surface area contributed by atoms with Crippen LogP contribution in [0.2, 0.25) is 0 Å². The molecule has 3 nitrogen and oxygen atoms in total. The average Bonchev–Trinajstić information content (AvgIpc) is 2.58. The molecule has 0 aromatic carbocycles. The van der Waals surface area contributed by atoms with E-state index >= 15 is 0 Å². The minimum absolute atomic E-state index is 0.0961. The second-order valence-electron chi connectivity index (χ2n) is 7.61. The Morgan fingerprint density at radius 1 is 1.25 bits per heavy atom. The van der Waals surface area contributed by atoms with Gasteiger partial charge in [0.15, 0.2) is 0 Å². The van der Waals surface area contributed by atoms with E-state index < -0.39 is 0 Å². The third kappa shape index (κ3) is 6.55. The lowest BCUT2D eigenvalue weighted by Gasteiger charge is -2.30. The van der Waals surface area contributed by atoms with Crippen molar-refractivity contribution in [1.82, 2.24) is 10.2 Å². The third-order valence-electron chi connectivity index (χ3n) is 4.79. The maximum absolute atomic E-state index is 9.59. The smallest absolute Gasteiger partial charge is 0.0610 e. The molecule has 0 aromatic rings. The lowest BCUT2D eigenvalue weighted by molar-refractivity contribution is 0.156. The van der Waals surface area contributed by atoms with Gasteiger partial charge in [-0.3, -0.25) is 0 Å². The van der Waals surface area contributed by atoms with Crippen LogP contribution in [0.4, 0.5) is 0 Å². The van der Waals surface area contributed by atoms with Gasteiger partial charge < -0.3 is 15.3 Å². The first kappa shape index (κ1) is 17.9. The molecule has 0 amide bonds. The number of aliphatic hydroxyl groups is 1. The molecule has 0 aliphatic carbocycles. The van der Waals surface area contributed by atoms with E-state index in [-0.39, 0.29) is 12.1 Å². The Hall–Kier alpha value is -0.120. The van der Waals surface area contributed by atoms with E-state index in [1.165, 1.54) is 45.3 Å². The zero-order chi connectivity index (χ0) is 15.1. The monoisotopic (exact) mass is 284 g/mol. The molecule has 0 radical (unpaired) electrons. The number of likely N-dealkylation sites (tertiary alicyclic amines) is 1. The van der Waals surface area contributed by atoms with Gasteiger partial charge in [0.1, 0.15) is 0 Å². The van der Waals surface area contributed by atoms with Crippen molar-refractivity contribution in [3.63, 3.8) is 0 Å². The number of nitrogens with one attached hydrogen (secondary N) is 1. The van der Waals surface area contributed by atoms with Crippen molar-refractivity contribution < 1.29 is 5.11 Å². The van der Waals surface area contributed by atoms with Gasteiger partial charge in [-0.1, -0.05) is 20.8 Å². The van der Waals surface area contributed by atoms with Gasteiger partial charge in [-0.25, -0.2) is 0 Å². The molecule has 1 fully saturated rings. The minimum Gasteiger partial charge on any atom is -0.394 e. The van der Waals surface area contributed by atoms with Gasteiger partial charge in [0.05, 0.1) is 6.61 Å². The molecule has 1 rings (SSSR count). The van der Waals surface area contributed by atoms with Gasteiger partial charge >= 0.3 is 0 Å². The van der Waals surface area contributed by atoms with Gasteiger partial charge in [0, 0.05) is 5.54 Å². The Morgan fingerprint density at radius 2 is 2.00 bits per heavy atom. The fourth-order valence-electron chi connectivity index (χ4n) is 3.05. The van der Waals surface area contributed by atoms with Crippen LogP contribution in [-0.4, -0.2) is 48.3 Å². The second-order valence-corrected chi connectivity index (χ2v) is 7.61. The highest BCUT2D eigenvalue weighted by atomic mass is 16.3. The third-order valence-corrected chi connectivity index (χ3v) is 4.79. The molecule has 20 heavy (non-hydrogen) atoms. The standard InChI is InChI=1S/C17H36N2O/c1-5-11-18-17(4,15-20)9-7-13-19-12-6-8-16(2,3)10-14-19/h18,20H,5-15H2,1-4H3. The summed E-state index contributed by atoms with van der Waals surface area (Å²) in [6.45, 7) is 14.0. The minimum atomic E-state index is -0.0961. The Balaban J connectivity index is 2.28. The van der Waals surface area contributed by atoms with Gasteiger partial charge in [-0.05, 0) is 77.0 Å². The highest BCUT2D eigenvalue weighted by Crippen LogP contribution is 2.29. The highest BCUT2D eigenvalue weighted by Gasteiger charge is 2.24. The molecule has 1 aliphatic heterocycles. The number of aliphatic hydroxyl groups excluding tert-OH is 1. The maximum Gasteiger partial charge on any atom is 0.0610 e. The van der Waals surface area contributed by atoms with E-state index in [4.69, 9.17) is 0 Å². The first-order valence-electron chi connectivity index (χ1n) is 8.49. The number of hydrogen-bond donors (Lipinski definition) is 2. The van der Waals surface area contributed by atoms with Crippen LogP contribution >= 0.6 is 0 Å². The molecular weight excluding hydrogens is 248 g/mol. The summed E-state index contributed by atoms with van der Waals surface area (Å²) in [5, 5.41) is 13.1. The van der Waals surface area contributed by atoms with Gasteiger partial charge in [0.2, 0.25) is 0 Å². The summed E-state index contributed by atoms with van der Waals surface area (Å²) in [5.41, 5.74) is 0.429. The van der Waals surface area contributed by atoms with Crippen LogP contribution in [0.1, 0.15) is 66.2 Å². The largest absolute Gasteiger partial charge is 0.394 e. The van der Waals surface area contributed by atoms with E-state index in [1.807, 2.05) is 0 Å². The van der Waals surface area contributed by atoms with Crippen molar-refractivity contribution in [3.8, 4) is 0 Å². The summed E-state index contributed by atoms with van der Waals surface area (Å²) < 4.78 is 0. The van der Waals surface area contributed by atoms with E-state index in [0.717, 1.165) is 19.4 Å². The van der Waals surface area contributed by atoms with Crippen molar-refractivity contribution in [2.45, 2.75) is 71.8 Å². The van der Waals surface area contributed by atoms with Crippen molar-refractivity contribution >= 4 is 0 Å². The Morgan fingerprint density at radius 3 is 2.65 bits per heavy atom. The number of rotatable bonds is 8. The Bertz CT molecular complexity index is 268. The number of nitrogens with zero attached hydrogens (tertiary/aromatic N) is 1. The van der Waals surface area contributed by atoms with Crippen molar-refractivity contribution in [3.05, 3.63) is 0 Å². The van der Waals surface area contributed by atoms with Gasteiger partial charge in [0.25, 0.3) is 0 Å². The molecule has 0 bridgehead atoms. The Labute approximate surface area is 126 Å². The van der Waals surface area contributed by atoms with Crippen LogP contribution in [0, 0.1) is 5.41 Å². The van der Waals surface area contributed by atoms with E-state index in [0.29, 0.717) is 5.41 Å². The quantitative estimate of drug-likeness (QED) is 0.719. The highest BCUT2D eigenvalue weighted by molar-refractivity contribution is 4.83.